The fourth-order valence-corrected chi connectivity index (χ4v) is 4.12. The van der Waals surface area contributed by atoms with Crippen LogP contribution in [0.2, 0.25) is 0 Å². The molecule has 1 heterocycles. The van der Waals surface area contributed by atoms with E-state index in [0.29, 0.717) is 18.7 Å². The van der Waals surface area contributed by atoms with Crippen molar-refractivity contribution in [1.82, 2.24) is 15.5 Å². The highest BCUT2D eigenvalue weighted by Crippen LogP contribution is 2.24. The van der Waals surface area contributed by atoms with E-state index in [4.69, 9.17) is 4.74 Å². The summed E-state index contributed by atoms with van der Waals surface area (Å²) in [6, 6.07) is 16.8. The predicted octanol–water partition coefficient (Wildman–Crippen LogP) is 3.79. The Labute approximate surface area is 191 Å². The van der Waals surface area contributed by atoms with E-state index in [9.17, 15) is 9.59 Å². The zero-order valence-corrected chi connectivity index (χ0v) is 19.3. The van der Waals surface area contributed by atoms with Crippen molar-refractivity contribution in [3.05, 3.63) is 65.7 Å². The van der Waals surface area contributed by atoms with Crippen LogP contribution < -0.4 is 15.4 Å². The van der Waals surface area contributed by atoms with Gasteiger partial charge in [0.2, 0.25) is 5.91 Å². The quantitative estimate of drug-likeness (QED) is 0.593. The number of rotatable bonds is 10. The zero-order valence-electron chi connectivity index (χ0n) is 19.3. The topological polar surface area (TPSA) is 70.7 Å². The van der Waals surface area contributed by atoms with Gasteiger partial charge in [-0.2, -0.15) is 0 Å². The molecule has 0 saturated carbocycles. The highest BCUT2D eigenvalue weighted by Gasteiger charge is 2.28. The van der Waals surface area contributed by atoms with E-state index in [1.165, 1.54) is 18.4 Å². The third-order valence-corrected chi connectivity index (χ3v) is 5.90. The summed E-state index contributed by atoms with van der Waals surface area (Å²) >= 11 is 0. The Bertz CT molecular complexity index is 862. The molecule has 3 rings (SSSR count). The second-order valence-electron chi connectivity index (χ2n) is 8.57. The minimum atomic E-state index is -0.607. The third-order valence-electron chi connectivity index (χ3n) is 5.90. The van der Waals surface area contributed by atoms with Crippen molar-refractivity contribution in [3.8, 4) is 5.75 Å². The van der Waals surface area contributed by atoms with Crippen molar-refractivity contribution in [2.45, 2.75) is 45.7 Å². The van der Waals surface area contributed by atoms with Crippen LogP contribution in [0, 0.1) is 5.92 Å². The first-order valence-corrected chi connectivity index (χ1v) is 11.6. The van der Waals surface area contributed by atoms with Crippen molar-refractivity contribution in [2.75, 3.05) is 26.2 Å². The van der Waals surface area contributed by atoms with Crippen LogP contribution in [0.25, 0.3) is 0 Å². The van der Waals surface area contributed by atoms with Gasteiger partial charge in [-0.15, -0.1) is 0 Å². The van der Waals surface area contributed by atoms with E-state index in [0.717, 1.165) is 18.8 Å². The van der Waals surface area contributed by atoms with Crippen molar-refractivity contribution < 1.29 is 14.3 Å². The molecule has 32 heavy (non-hydrogen) atoms. The van der Waals surface area contributed by atoms with Gasteiger partial charge in [0, 0.05) is 12.1 Å². The average molecular weight is 438 g/mol. The van der Waals surface area contributed by atoms with E-state index in [-0.39, 0.29) is 23.8 Å². The largest absolute Gasteiger partial charge is 0.494 e. The Kier molecular flexibility index (Phi) is 8.68. The smallest absolute Gasteiger partial charge is 0.251 e. The molecule has 2 N–H and O–H groups in total. The molecule has 0 aromatic heterocycles. The zero-order chi connectivity index (χ0) is 22.9. The predicted molar refractivity (Wildman–Crippen MR) is 127 cm³/mol. The molecule has 2 aromatic rings. The average Bonchev–Trinajstić information content (AvgIpc) is 3.33. The fraction of sp³-hybridized carbons (Fsp3) is 0.462. The van der Waals surface area contributed by atoms with Crippen LogP contribution in [0.4, 0.5) is 0 Å². The van der Waals surface area contributed by atoms with Crippen LogP contribution in [0.5, 0.6) is 5.75 Å². The van der Waals surface area contributed by atoms with Gasteiger partial charge < -0.3 is 15.4 Å². The van der Waals surface area contributed by atoms with E-state index in [1.807, 2.05) is 39.0 Å². The standard InChI is InChI=1S/C26H35N3O3/c1-4-32-22-14-12-21(13-15-22)25(30)28-24(19(2)3)26(31)27-18-23(29-16-8-9-17-29)20-10-6-5-7-11-20/h5-7,10-15,19,23-24H,4,8-9,16-18H2,1-3H3,(H,27,31)(H,28,30). The van der Waals surface area contributed by atoms with Crippen molar-refractivity contribution in [1.29, 1.82) is 0 Å². The van der Waals surface area contributed by atoms with Gasteiger partial charge in [0.05, 0.1) is 12.6 Å². The van der Waals surface area contributed by atoms with Gasteiger partial charge >= 0.3 is 0 Å². The minimum Gasteiger partial charge on any atom is -0.494 e. The Hall–Kier alpha value is -2.86. The summed E-state index contributed by atoms with van der Waals surface area (Å²) in [6.45, 7) is 8.97. The third kappa shape index (κ3) is 6.33. The Morgan fingerprint density at radius 1 is 1.00 bits per heavy atom. The van der Waals surface area contributed by atoms with Gasteiger partial charge in [-0.3, -0.25) is 14.5 Å². The van der Waals surface area contributed by atoms with Gasteiger partial charge in [0.15, 0.2) is 0 Å². The molecule has 1 saturated heterocycles. The number of likely N-dealkylation sites (tertiary alicyclic amines) is 1. The summed E-state index contributed by atoms with van der Waals surface area (Å²) in [7, 11) is 0. The lowest BCUT2D eigenvalue weighted by Gasteiger charge is -2.29. The van der Waals surface area contributed by atoms with Gasteiger partial charge in [-0.25, -0.2) is 0 Å². The van der Waals surface area contributed by atoms with Crippen LogP contribution in [-0.2, 0) is 4.79 Å². The number of carbonyl (C=O) groups is 2. The molecule has 1 aliphatic rings. The Morgan fingerprint density at radius 2 is 1.66 bits per heavy atom. The number of nitrogens with zero attached hydrogens (tertiary/aromatic N) is 1. The van der Waals surface area contributed by atoms with Gasteiger partial charge in [0.1, 0.15) is 11.8 Å². The van der Waals surface area contributed by atoms with Crippen LogP contribution in [0.1, 0.15) is 55.6 Å². The summed E-state index contributed by atoms with van der Waals surface area (Å²) in [5.74, 6) is 0.264. The molecule has 0 bridgehead atoms. The van der Waals surface area contributed by atoms with E-state index in [2.05, 4.69) is 27.7 Å². The van der Waals surface area contributed by atoms with Gasteiger partial charge in [-0.05, 0) is 68.6 Å². The SMILES string of the molecule is CCOc1ccc(C(=O)NC(C(=O)NCC(c2ccccc2)N2CCCC2)C(C)C)cc1. The van der Waals surface area contributed by atoms with E-state index < -0.39 is 6.04 Å². The number of nitrogens with one attached hydrogen (secondary N) is 2. The highest BCUT2D eigenvalue weighted by atomic mass is 16.5. The number of benzene rings is 2. The first-order chi connectivity index (χ1) is 15.5. The maximum atomic E-state index is 13.1. The molecule has 0 spiro atoms. The lowest BCUT2D eigenvalue weighted by atomic mass is 10.0. The summed E-state index contributed by atoms with van der Waals surface area (Å²) in [5.41, 5.74) is 1.71. The van der Waals surface area contributed by atoms with Gasteiger partial charge in [-0.1, -0.05) is 44.2 Å². The van der Waals surface area contributed by atoms with E-state index >= 15 is 0 Å². The number of hydrogen-bond acceptors (Lipinski definition) is 4. The van der Waals surface area contributed by atoms with Crippen LogP contribution in [-0.4, -0.2) is 49.0 Å². The molecule has 1 fully saturated rings. The number of hydrogen-bond donors (Lipinski definition) is 2. The first-order valence-electron chi connectivity index (χ1n) is 11.6. The normalized spacial score (nSPS) is 15.9. The summed E-state index contributed by atoms with van der Waals surface area (Å²) < 4.78 is 5.43. The molecule has 1 aliphatic heterocycles. The number of amides is 2. The lowest BCUT2D eigenvalue weighted by Crippen LogP contribution is -2.51. The van der Waals surface area contributed by atoms with Crippen molar-refractivity contribution in [3.63, 3.8) is 0 Å². The maximum Gasteiger partial charge on any atom is 0.251 e. The number of ether oxygens (including phenoxy) is 1. The maximum absolute atomic E-state index is 13.1. The molecule has 2 atom stereocenters. The second-order valence-corrected chi connectivity index (χ2v) is 8.57. The summed E-state index contributed by atoms with van der Waals surface area (Å²) in [6.07, 6.45) is 2.37. The molecule has 0 aliphatic carbocycles. The summed E-state index contributed by atoms with van der Waals surface area (Å²) in [5, 5.41) is 6.02. The molecule has 6 nitrogen and oxygen atoms in total. The van der Waals surface area contributed by atoms with Crippen LogP contribution in [0.15, 0.2) is 54.6 Å². The van der Waals surface area contributed by atoms with Crippen LogP contribution in [0.3, 0.4) is 0 Å². The van der Waals surface area contributed by atoms with Crippen molar-refractivity contribution in [2.24, 2.45) is 5.92 Å². The fourth-order valence-electron chi connectivity index (χ4n) is 4.12. The molecular weight excluding hydrogens is 402 g/mol. The lowest BCUT2D eigenvalue weighted by molar-refractivity contribution is -0.124. The van der Waals surface area contributed by atoms with Crippen LogP contribution >= 0.6 is 0 Å². The van der Waals surface area contributed by atoms with E-state index in [1.54, 1.807) is 24.3 Å². The molecule has 2 amide bonds. The monoisotopic (exact) mass is 437 g/mol. The highest BCUT2D eigenvalue weighted by molar-refractivity contribution is 5.97. The molecule has 0 radical (unpaired) electrons. The molecule has 6 heteroatoms. The van der Waals surface area contributed by atoms with Gasteiger partial charge in [0.25, 0.3) is 5.91 Å². The number of carbonyl (C=O) groups excluding carboxylic acids is 2. The molecular formula is C26H35N3O3. The Morgan fingerprint density at radius 3 is 2.25 bits per heavy atom. The molecule has 2 unspecified atom stereocenters. The van der Waals surface area contributed by atoms with Crippen molar-refractivity contribution >= 4 is 11.8 Å². The minimum absolute atomic E-state index is 0.0383. The second kappa shape index (κ2) is 11.7. The molecule has 2 aromatic carbocycles. The Balaban J connectivity index is 1.64. The summed E-state index contributed by atoms with van der Waals surface area (Å²) in [4.78, 5) is 28.3. The first kappa shape index (κ1) is 23.8. The molecule has 172 valence electrons.